The predicted molar refractivity (Wildman–Crippen MR) is 64.3 cm³/mol. The van der Waals surface area contributed by atoms with Gasteiger partial charge in [-0.05, 0) is 17.7 Å². The maximum Gasteiger partial charge on any atom is 0.424 e. The van der Waals surface area contributed by atoms with Gasteiger partial charge in [-0.25, -0.2) is 4.79 Å². The van der Waals surface area contributed by atoms with Gasteiger partial charge in [-0.1, -0.05) is 0 Å². The maximum absolute atomic E-state index is 11.5. The SMILES string of the molecule is O=C1C=CC(=O)N1C(=O)OCc1ccc([N+](=O)[O-])cc1. The molecule has 0 fully saturated rings. The van der Waals surface area contributed by atoms with Crippen LogP contribution in [0.15, 0.2) is 36.4 Å². The second-order valence-electron chi connectivity index (χ2n) is 3.82. The van der Waals surface area contributed by atoms with Gasteiger partial charge >= 0.3 is 6.09 Å². The van der Waals surface area contributed by atoms with Gasteiger partial charge in [0.05, 0.1) is 4.92 Å². The van der Waals surface area contributed by atoms with E-state index in [1.165, 1.54) is 24.3 Å². The van der Waals surface area contributed by atoms with Crippen molar-refractivity contribution < 1.29 is 24.0 Å². The van der Waals surface area contributed by atoms with E-state index in [1.807, 2.05) is 0 Å². The van der Waals surface area contributed by atoms with E-state index >= 15 is 0 Å². The van der Waals surface area contributed by atoms with E-state index in [-0.39, 0.29) is 12.3 Å². The molecule has 0 N–H and O–H groups in total. The zero-order chi connectivity index (χ0) is 14.7. The number of carbonyl (C=O) groups is 3. The van der Waals surface area contributed by atoms with Crippen LogP contribution >= 0.6 is 0 Å². The molecule has 2 rings (SSSR count). The molecule has 0 atom stereocenters. The van der Waals surface area contributed by atoms with Crippen LogP contribution in [0.5, 0.6) is 0 Å². The van der Waals surface area contributed by atoms with Gasteiger partial charge in [-0.15, -0.1) is 0 Å². The van der Waals surface area contributed by atoms with Crippen molar-refractivity contribution in [2.75, 3.05) is 0 Å². The van der Waals surface area contributed by atoms with Crippen LogP contribution in [-0.2, 0) is 20.9 Å². The van der Waals surface area contributed by atoms with Crippen LogP contribution in [-0.4, -0.2) is 27.7 Å². The van der Waals surface area contributed by atoms with Crippen molar-refractivity contribution in [3.8, 4) is 0 Å². The van der Waals surface area contributed by atoms with Crippen LogP contribution in [0.2, 0.25) is 0 Å². The van der Waals surface area contributed by atoms with Gasteiger partial charge in [0.2, 0.25) is 0 Å². The molecule has 0 saturated heterocycles. The molecule has 1 aliphatic rings. The second-order valence-corrected chi connectivity index (χ2v) is 3.82. The Morgan fingerprint density at radius 1 is 1.15 bits per heavy atom. The average molecular weight is 276 g/mol. The Kier molecular flexibility index (Phi) is 3.56. The van der Waals surface area contributed by atoms with Crippen LogP contribution in [0, 0.1) is 10.1 Å². The van der Waals surface area contributed by atoms with Crippen molar-refractivity contribution in [1.82, 2.24) is 4.90 Å². The molecule has 1 aromatic carbocycles. The lowest BCUT2D eigenvalue weighted by molar-refractivity contribution is -0.384. The molecule has 8 nitrogen and oxygen atoms in total. The molecule has 1 aliphatic heterocycles. The number of ether oxygens (including phenoxy) is 1. The van der Waals surface area contributed by atoms with Gasteiger partial charge in [-0.3, -0.25) is 19.7 Å². The third kappa shape index (κ3) is 2.69. The number of amides is 3. The number of nitrogens with zero attached hydrogens (tertiary/aromatic N) is 2. The van der Waals surface area contributed by atoms with Crippen molar-refractivity contribution in [3.63, 3.8) is 0 Å². The van der Waals surface area contributed by atoms with Crippen LogP contribution in [0.4, 0.5) is 10.5 Å². The summed E-state index contributed by atoms with van der Waals surface area (Å²) in [5.74, 6) is -1.52. The van der Waals surface area contributed by atoms with Crippen LogP contribution < -0.4 is 0 Å². The normalized spacial score (nSPS) is 13.7. The molecule has 0 bridgehead atoms. The van der Waals surface area contributed by atoms with E-state index in [1.54, 1.807) is 0 Å². The molecule has 0 aliphatic carbocycles. The fraction of sp³-hybridized carbons (Fsp3) is 0.0833. The lowest BCUT2D eigenvalue weighted by Crippen LogP contribution is -2.36. The molecule has 0 radical (unpaired) electrons. The molecule has 102 valence electrons. The highest BCUT2D eigenvalue weighted by molar-refractivity contribution is 6.21. The van der Waals surface area contributed by atoms with Gasteiger partial charge < -0.3 is 4.74 Å². The molecule has 1 heterocycles. The monoisotopic (exact) mass is 276 g/mol. The van der Waals surface area contributed by atoms with Crippen LogP contribution in [0.1, 0.15) is 5.56 Å². The molecule has 20 heavy (non-hydrogen) atoms. The number of imide groups is 3. The summed E-state index contributed by atoms with van der Waals surface area (Å²) in [6, 6.07) is 5.35. The largest absolute Gasteiger partial charge is 0.444 e. The number of benzene rings is 1. The lowest BCUT2D eigenvalue weighted by atomic mass is 10.2. The topological polar surface area (TPSA) is 107 Å². The second kappa shape index (κ2) is 5.31. The third-order valence-corrected chi connectivity index (χ3v) is 2.50. The minimum absolute atomic E-state index is 0.0887. The predicted octanol–water partition coefficient (Wildman–Crippen LogP) is 1.16. The summed E-state index contributed by atoms with van der Waals surface area (Å²) in [6.07, 6.45) is 0.855. The Bertz CT molecular complexity index is 601. The minimum Gasteiger partial charge on any atom is -0.444 e. The zero-order valence-corrected chi connectivity index (χ0v) is 10.0. The highest BCUT2D eigenvalue weighted by Gasteiger charge is 2.31. The van der Waals surface area contributed by atoms with Crippen molar-refractivity contribution in [3.05, 3.63) is 52.1 Å². The quantitative estimate of drug-likeness (QED) is 0.465. The smallest absolute Gasteiger partial charge is 0.424 e. The summed E-state index contributed by atoms with van der Waals surface area (Å²) in [7, 11) is 0. The molecule has 0 unspecified atom stereocenters. The van der Waals surface area contributed by atoms with Gasteiger partial charge in [0.25, 0.3) is 17.5 Å². The summed E-state index contributed by atoms with van der Waals surface area (Å²) >= 11 is 0. The van der Waals surface area contributed by atoms with E-state index < -0.39 is 22.8 Å². The highest BCUT2D eigenvalue weighted by Crippen LogP contribution is 2.13. The summed E-state index contributed by atoms with van der Waals surface area (Å²) < 4.78 is 4.79. The third-order valence-electron chi connectivity index (χ3n) is 2.50. The number of nitro benzene ring substituents is 1. The Labute approximate surface area is 112 Å². The minimum atomic E-state index is -1.08. The number of hydrogen-bond acceptors (Lipinski definition) is 6. The summed E-state index contributed by atoms with van der Waals surface area (Å²) in [5, 5.41) is 10.5. The summed E-state index contributed by atoms with van der Waals surface area (Å²) in [6.45, 7) is -0.201. The highest BCUT2D eigenvalue weighted by atomic mass is 16.6. The Morgan fingerprint density at radius 2 is 1.70 bits per heavy atom. The molecule has 8 heteroatoms. The van der Waals surface area contributed by atoms with E-state index in [0.29, 0.717) is 10.5 Å². The molecule has 0 spiro atoms. The van der Waals surface area contributed by atoms with Crippen LogP contribution in [0.25, 0.3) is 0 Å². The van der Waals surface area contributed by atoms with Gasteiger partial charge in [0, 0.05) is 24.3 Å². The van der Waals surface area contributed by atoms with Crippen molar-refractivity contribution in [2.45, 2.75) is 6.61 Å². The Morgan fingerprint density at radius 3 is 2.20 bits per heavy atom. The molecular weight excluding hydrogens is 268 g/mol. The van der Waals surface area contributed by atoms with E-state index in [2.05, 4.69) is 0 Å². The fourth-order valence-corrected chi connectivity index (χ4v) is 1.50. The zero-order valence-electron chi connectivity index (χ0n) is 10.0. The number of non-ortho nitro benzene ring substituents is 1. The molecule has 3 amide bonds. The first-order valence-corrected chi connectivity index (χ1v) is 5.45. The number of carbonyl (C=O) groups excluding carboxylic acids is 3. The first-order valence-electron chi connectivity index (χ1n) is 5.45. The molecule has 0 aromatic heterocycles. The first-order chi connectivity index (χ1) is 9.49. The van der Waals surface area contributed by atoms with Gasteiger partial charge in [0.1, 0.15) is 6.61 Å². The number of rotatable bonds is 3. The number of hydrogen-bond donors (Lipinski definition) is 0. The van der Waals surface area contributed by atoms with E-state index in [9.17, 15) is 24.5 Å². The molecule has 0 saturated carbocycles. The Balaban J connectivity index is 1.95. The molecular formula is C12H8N2O6. The maximum atomic E-state index is 11.5. The van der Waals surface area contributed by atoms with Crippen molar-refractivity contribution >= 4 is 23.6 Å². The van der Waals surface area contributed by atoms with Crippen molar-refractivity contribution in [2.24, 2.45) is 0 Å². The fourth-order valence-electron chi connectivity index (χ4n) is 1.50. The van der Waals surface area contributed by atoms with E-state index in [0.717, 1.165) is 12.2 Å². The van der Waals surface area contributed by atoms with Gasteiger partial charge in [0.15, 0.2) is 0 Å². The summed E-state index contributed by atoms with van der Waals surface area (Å²) in [5.41, 5.74) is 0.408. The number of nitro groups is 1. The first kappa shape index (κ1) is 13.4. The lowest BCUT2D eigenvalue weighted by Gasteiger charge is -2.11. The molecule has 1 aromatic rings. The average Bonchev–Trinajstić information content (AvgIpc) is 2.76. The van der Waals surface area contributed by atoms with E-state index in [4.69, 9.17) is 4.74 Å². The standard InChI is InChI=1S/C12H8N2O6/c15-10-5-6-11(16)13(10)12(17)20-7-8-1-3-9(4-2-8)14(18)19/h1-6H,7H2. The van der Waals surface area contributed by atoms with Gasteiger partial charge in [-0.2, -0.15) is 4.90 Å². The van der Waals surface area contributed by atoms with Crippen LogP contribution in [0.3, 0.4) is 0 Å². The Hall–Kier alpha value is -3.03. The van der Waals surface area contributed by atoms with Crippen molar-refractivity contribution in [1.29, 1.82) is 0 Å². The summed E-state index contributed by atoms with van der Waals surface area (Å²) in [4.78, 5) is 44.2.